The van der Waals surface area contributed by atoms with Gasteiger partial charge in [0.1, 0.15) is 0 Å². The van der Waals surface area contributed by atoms with Gasteiger partial charge in [0.2, 0.25) is 0 Å². The highest BCUT2D eigenvalue weighted by atomic mass is 16.2. The standard InChI is InChI=1S/C11H26N2O/c1-4-13(7-5-6-8-14)10-11(2,3)9-12/h14H,4-10,12H2,1-3H3. The van der Waals surface area contributed by atoms with E-state index >= 15 is 0 Å². The summed E-state index contributed by atoms with van der Waals surface area (Å²) in [5.41, 5.74) is 5.90. The summed E-state index contributed by atoms with van der Waals surface area (Å²) in [6.45, 7) is 10.8. The molecule has 0 fully saturated rings. The van der Waals surface area contributed by atoms with Gasteiger partial charge in [0.05, 0.1) is 0 Å². The number of nitrogens with two attached hydrogens (primary N) is 1. The molecule has 0 aliphatic rings. The summed E-state index contributed by atoms with van der Waals surface area (Å²) in [6.07, 6.45) is 1.98. The molecule has 0 rings (SSSR count). The van der Waals surface area contributed by atoms with Crippen LogP contribution in [-0.4, -0.2) is 42.8 Å². The van der Waals surface area contributed by atoms with Gasteiger partial charge in [-0.05, 0) is 37.9 Å². The van der Waals surface area contributed by atoms with E-state index in [0.29, 0.717) is 6.61 Å². The van der Waals surface area contributed by atoms with Gasteiger partial charge in [0.15, 0.2) is 0 Å². The topological polar surface area (TPSA) is 49.5 Å². The Kier molecular flexibility index (Phi) is 7.15. The van der Waals surface area contributed by atoms with E-state index in [9.17, 15) is 0 Å². The van der Waals surface area contributed by atoms with Crippen LogP contribution in [0.5, 0.6) is 0 Å². The maximum atomic E-state index is 8.69. The third-order valence-corrected chi connectivity index (χ3v) is 2.53. The summed E-state index contributed by atoms with van der Waals surface area (Å²) in [5, 5.41) is 8.69. The Balaban J connectivity index is 3.78. The second kappa shape index (κ2) is 7.21. The molecule has 0 saturated heterocycles. The molecule has 0 aliphatic heterocycles. The Bertz CT molecular complexity index is 137. The molecule has 3 nitrogen and oxygen atoms in total. The van der Waals surface area contributed by atoms with Gasteiger partial charge in [-0.15, -0.1) is 0 Å². The second-order valence-electron chi connectivity index (χ2n) is 4.67. The van der Waals surface area contributed by atoms with E-state index in [2.05, 4.69) is 25.7 Å². The van der Waals surface area contributed by atoms with Gasteiger partial charge in [-0.3, -0.25) is 0 Å². The van der Waals surface area contributed by atoms with Crippen LogP contribution in [0, 0.1) is 5.41 Å². The van der Waals surface area contributed by atoms with Crippen molar-refractivity contribution in [3.8, 4) is 0 Å². The number of hydrogen-bond donors (Lipinski definition) is 2. The van der Waals surface area contributed by atoms with Crippen LogP contribution in [0.2, 0.25) is 0 Å². The first-order valence-electron chi connectivity index (χ1n) is 5.59. The van der Waals surface area contributed by atoms with E-state index in [1.807, 2.05) is 0 Å². The Labute approximate surface area is 88.3 Å². The minimum Gasteiger partial charge on any atom is -0.396 e. The lowest BCUT2D eigenvalue weighted by atomic mass is 9.93. The minimum absolute atomic E-state index is 0.204. The van der Waals surface area contributed by atoms with Crippen LogP contribution < -0.4 is 5.73 Å². The lowest BCUT2D eigenvalue weighted by Gasteiger charge is -2.30. The van der Waals surface area contributed by atoms with Crippen LogP contribution in [-0.2, 0) is 0 Å². The molecule has 14 heavy (non-hydrogen) atoms. The third kappa shape index (κ3) is 6.35. The zero-order chi connectivity index (χ0) is 11.0. The second-order valence-corrected chi connectivity index (χ2v) is 4.67. The number of nitrogens with zero attached hydrogens (tertiary/aromatic N) is 1. The first-order chi connectivity index (χ1) is 6.55. The third-order valence-electron chi connectivity index (χ3n) is 2.53. The summed E-state index contributed by atoms with van der Waals surface area (Å²) in [6, 6.07) is 0. The van der Waals surface area contributed by atoms with Crippen molar-refractivity contribution in [1.82, 2.24) is 4.90 Å². The van der Waals surface area contributed by atoms with Crippen LogP contribution in [0.3, 0.4) is 0 Å². The highest BCUT2D eigenvalue weighted by Crippen LogP contribution is 2.14. The molecule has 0 spiro atoms. The van der Waals surface area contributed by atoms with Gasteiger partial charge >= 0.3 is 0 Å². The van der Waals surface area contributed by atoms with Gasteiger partial charge in [0, 0.05) is 13.2 Å². The maximum absolute atomic E-state index is 8.69. The van der Waals surface area contributed by atoms with Gasteiger partial charge < -0.3 is 15.7 Å². The molecule has 3 heteroatoms. The zero-order valence-electron chi connectivity index (χ0n) is 9.92. The highest BCUT2D eigenvalue weighted by Gasteiger charge is 2.18. The molecular formula is C11H26N2O. The van der Waals surface area contributed by atoms with Gasteiger partial charge in [-0.25, -0.2) is 0 Å². The van der Waals surface area contributed by atoms with Crippen molar-refractivity contribution in [2.45, 2.75) is 33.6 Å². The maximum Gasteiger partial charge on any atom is 0.0431 e. The predicted octanol–water partition coefficient (Wildman–Crippen LogP) is 1.07. The highest BCUT2D eigenvalue weighted by molar-refractivity contribution is 4.74. The smallest absolute Gasteiger partial charge is 0.0431 e. The van der Waals surface area contributed by atoms with Crippen LogP contribution in [0.4, 0.5) is 0 Å². The molecule has 0 amide bonds. The molecule has 0 heterocycles. The normalized spacial score (nSPS) is 12.4. The molecule has 0 aromatic heterocycles. The minimum atomic E-state index is 0.204. The van der Waals surface area contributed by atoms with E-state index < -0.39 is 0 Å². The number of unbranched alkanes of at least 4 members (excludes halogenated alkanes) is 1. The molecule has 86 valence electrons. The molecule has 3 N–H and O–H groups in total. The molecule has 0 aliphatic carbocycles. The fraction of sp³-hybridized carbons (Fsp3) is 1.00. The summed E-state index contributed by atoms with van der Waals surface area (Å²) in [7, 11) is 0. The quantitative estimate of drug-likeness (QED) is 0.579. The summed E-state index contributed by atoms with van der Waals surface area (Å²) < 4.78 is 0. The Hall–Kier alpha value is -0.120. The number of aliphatic hydroxyl groups is 1. The van der Waals surface area contributed by atoms with Gasteiger partial charge in [-0.1, -0.05) is 20.8 Å². The van der Waals surface area contributed by atoms with Crippen molar-refractivity contribution in [2.75, 3.05) is 32.8 Å². The zero-order valence-corrected chi connectivity index (χ0v) is 9.92. The van der Waals surface area contributed by atoms with Crippen molar-refractivity contribution in [3.63, 3.8) is 0 Å². The molecular weight excluding hydrogens is 176 g/mol. The molecule has 0 aromatic rings. The van der Waals surface area contributed by atoms with E-state index in [0.717, 1.165) is 39.0 Å². The fourth-order valence-electron chi connectivity index (χ4n) is 1.47. The molecule has 0 bridgehead atoms. The van der Waals surface area contributed by atoms with Crippen LogP contribution in [0.25, 0.3) is 0 Å². The van der Waals surface area contributed by atoms with Crippen molar-refractivity contribution in [2.24, 2.45) is 11.1 Å². The van der Waals surface area contributed by atoms with E-state index in [4.69, 9.17) is 10.8 Å². The van der Waals surface area contributed by atoms with Gasteiger partial charge in [0.25, 0.3) is 0 Å². The Morgan fingerprint density at radius 2 is 1.93 bits per heavy atom. The average Bonchev–Trinajstić information content (AvgIpc) is 2.16. The summed E-state index contributed by atoms with van der Waals surface area (Å²) >= 11 is 0. The van der Waals surface area contributed by atoms with Gasteiger partial charge in [-0.2, -0.15) is 0 Å². The van der Waals surface area contributed by atoms with Crippen molar-refractivity contribution in [3.05, 3.63) is 0 Å². The molecule has 0 atom stereocenters. The van der Waals surface area contributed by atoms with E-state index in [1.54, 1.807) is 0 Å². The SMILES string of the molecule is CCN(CCCCO)CC(C)(C)CN. The van der Waals surface area contributed by atoms with Crippen LogP contribution in [0.15, 0.2) is 0 Å². The average molecular weight is 202 g/mol. The largest absolute Gasteiger partial charge is 0.396 e. The predicted molar refractivity (Wildman–Crippen MR) is 61.3 cm³/mol. The molecule has 0 radical (unpaired) electrons. The molecule has 0 saturated carbocycles. The van der Waals surface area contributed by atoms with Crippen molar-refractivity contribution >= 4 is 0 Å². The van der Waals surface area contributed by atoms with E-state index in [-0.39, 0.29) is 5.41 Å². The monoisotopic (exact) mass is 202 g/mol. The fourth-order valence-corrected chi connectivity index (χ4v) is 1.47. The lowest BCUT2D eigenvalue weighted by Crippen LogP contribution is -2.39. The Morgan fingerprint density at radius 3 is 2.36 bits per heavy atom. The first kappa shape index (κ1) is 13.9. The first-order valence-corrected chi connectivity index (χ1v) is 5.59. The van der Waals surface area contributed by atoms with Crippen molar-refractivity contribution in [1.29, 1.82) is 0 Å². The number of aliphatic hydroxyl groups excluding tert-OH is 1. The van der Waals surface area contributed by atoms with Crippen LogP contribution in [0.1, 0.15) is 33.6 Å². The molecule has 0 aromatic carbocycles. The van der Waals surface area contributed by atoms with Crippen LogP contribution >= 0.6 is 0 Å². The summed E-state index contributed by atoms with van der Waals surface area (Å²) in [4.78, 5) is 2.41. The lowest BCUT2D eigenvalue weighted by molar-refractivity contribution is 0.181. The van der Waals surface area contributed by atoms with E-state index in [1.165, 1.54) is 0 Å². The summed E-state index contributed by atoms with van der Waals surface area (Å²) in [5.74, 6) is 0. The Morgan fingerprint density at radius 1 is 1.29 bits per heavy atom. The number of rotatable bonds is 8. The number of hydrogen-bond acceptors (Lipinski definition) is 3. The molecule has 0 unspecified atom stereocenters. The van der Waals surface area contributed by atoms with Crippen molar-refractivity contribution < 1.29 is 5.11 Å².